The molecule has 0 saturated carbocycles. The molecule has 4 nitrogen and oxygen atoms in total. The number of nitrogens with two attached hydrogens (primary N) is 1. The molecule has 16 heavy (non-hydrogen) atoms. The van der Waals surface area contributed by atoms with Gasteiger partial charge in [-0.05, 0) is 24.6 Å². The first-order valence-electron chi connectivity index (χ1n) is 5.45. The number of pyridine rings is 1. The van der Waals surface area contributed by atoms with Crippen molar-refractivity contribution in [2.75, 3.05) is 20.1 Å². The summed E-state index contributed by atoms with van der Waals surface area (Å²) in [5.74, 6) is 0.454. The molecule has 0 bridgehead atoms. The minimum atomic E-state index is 0.454. The van der Waals surface area contributed by atoms with Crippen molar-refractivity contribution in [1.82, 2.24) is 9.88 Å². The van der Waals surface area contributed by atoms with Crippen molar-refractivity contribution in [3.63, 3.8) is 0 Å². The predicted octanol–water partition coefficient (Wildman–Crippen LogP) is 1.14. The summed E-state index contributed by atoms with van der Waals surface area (Å²) in [6, 6.07) is 5.72. The highest BCUT2D eigenvalue weighted by atomic mass is 16.1. The largest absolute Gasteiger partial charge is 0.348 e. The Labute approximate surface area is 97.5 Å². The zero-order valence-corrected chi connectivity index (χ0v) is 10.0. The summed E-state index contributed by atoms with van der Waals surface area (Å²) in [7, 11) is 1.77. The monoisotopic (exact) mass is 223 g/mol. The summed E-state index contributed by atoms with van der Waals surface area (Å²) < 4.78 is 0. The summed E-state index contributed by atoms with van der Waals surface area (Å²) in [4.78, 5) is 15.6. The van der Waals surface area contributed by atoms with Gasteiger partial charge in [-0.25, -0.2) is 0 Å². The van der Waals surface area contributed by atoms with Gasteiger partial charge in [0.25, 0.3) is 0 Å². The first-order chi connectivity index (χ1) is 7.74. The Morgan fingerprint density at radius 2 is 2.00 bits per heavy atom. The number of hydrogen-bond donors (Lipinski definition) is 1. The number of aromatic nitrogens is 1. The third kappa shape index (κ3) is 7.94. The number of amides is 1. The van der Waals surface area contributed by atoms with E-state index in [1.165, 1.54) is 0 Å². The van der Waals surface area contributed by atoms with Crippen LogP contribution in [0.1, 0.15) is 13.3 Å². The maximum atomic E-state index is 10.2. The molecule has 1 aromatic rings. The van der Waals surface area contributed by atoms with Gasteiger partial charge in [0.15, 0.2) is 0 Å². The lowest BCUT2D eigenvalue weighted by Gasteiger charge is -2.17. The van der Waals surface area contributed by atoms with Crippen LogP contribution in [0.4, 0.5) is 0 Å². The molecule has 2 N–H and O–H groups in total. The Morgan fingerprint density at radius 1 is 1.38 bits per heavy atom. The second kappa shape index (κ2) is 10.1. The van der Waals surface area contributed by atoms with Crippen LogP contribution >= 0.6 is 0 Å². The molecule has 0 aromatic carbocycles. The highest BCUT2D eigenvalue weighted by Crippen LogP contribution is 1.99. The van der Waals surface area contributed by atoms with Crippen LogP contribution in [0.25, 0.3) is 0 Å². The van der Waals surface area contributed by atoms with E-state index in [0.717, 1.165) is 19.4 Å². The van der Waals surface area contributed by atoms with Gasteiger partial charge in [-0.3, -0.25) is 9.78 Å². The SMILES string of the molecule is CCC(CN)CN(C)C=O.c1ccncc1. The van der Waals surface area contributed by atoms with Crippen LogP contribution in [0.2, 0.25) is 0 Å². The second-order valence-electron chi connectivity index (χ2n) is 3.58. The van der Waals surface area contributed by atoms with Gasteiger partial charge in [0, 0.05) is 26.0 Å². The van der Waals surface area contributed by atoms with Gasteiger partial charge in [-0.2, -0.15) is 0 Å². The van der Waals surface area contributed by atoms with Crippen LogP contribution in [0.3, 0.4) is 0 Å². The first kappa shape index (κ1) is 14.6. The smallest absolute Gasteiger partial charge is 0.209 e. The fourth-order valence-corrected chi connectivity index (χ4v) is 1.13. The van der Waals surface area contributed by atoms with Crippen LogP contribution in [-0.4, -0.2) is 36.4 Å². The van der Waals surface area contributed by atoms with Gasteiger partial charge in [0.2, 0.25) is 6.41 Å². The lowest BCUT2D eigenvalue weighted by molar-refractivity contribution is -0.117. The molecule has 0 aliphatic carbocycles. The third-order valence-electron chi connectivity index (χ3n) is 2.20. The molecule has 0 fully saturated rings. The van der Waals surface area contributed by atoms with Crippen molar-refractivity contribution in [2.45, 2.75) is 13.3 Å². The van der Waals surface area contributed by atoms with Crippen LogP contribution in [-0.2, 0) is 4.79 Å². The van der Waals surface area contributed by atoms with E-state index in [1.54, 1.807) is 24.3 Å². The molecule has 1 atom stereocenters. The van der Waals surface area contributed by atoms with E-state index >= 15 is 0 Å². The van der Waals surface area contributed by atoms with Crippen molar-refractivity contribution in [3.8, 4) is 0 Å². The highest BCUT2D eigenvalue weighted by molar-refractivity contribution is 5.46. The first-order valence-corrected chi connectivity index (χ1v) is 5.45. The second-order valence-corrected chi connectivity index (χ2v) is 3.58. The number of hydrogen-bond acceptors (Lipinski definition) is 3. The van der Waals surface area contributed by atoms with Crippen LogP contribution in [0.15, 0.2) is 30.6 Å². The van der Waals surface area contributed by atoms with Gasteiger partial charge < -0.3 is 10.6 Å². The molecule has 0 spiro atoms. The van der Waals surface area contributed by atoms with Crippen LogP contribution in [0.5, 0.6) is 0 Å². The Kier molecular flexibility index (Phi) is 9.21. The fraction of sp³-hybridized carbons (Fsp3) is 0.500. The van der Waals surface area contributed by atoms with Gasteiger partial charge in [-0.15, -0.1) is 0 Å². The Bertz CT molecular complexity index is 223. The minimum absolute atomic E-state index is 0.454. The zero-order chi connectivity index (χ0) is 12.2. The molecule has 4 heteroatoms. The molecular weight excluding hydrogens is 202 g/mol. The minimum Gasteiger partial charge on any atom is -0.348 e. The van der Waals surface area contributed by atoms with Gasteiger partial charge in [-0.1, -0.05) is 19.4 Å². The molecule has 1 heterocycles. The number of carbonyl (C=O) groups is 1. The summed E-state index contributed by atoms with van der Waals surface area (Å²) >= 11 is 0. The maximum absolute atomic E-state index is 10.2. The van der Waals surface area contributed by atoms with Crippen molar-refractivity contribution >= 4 is 6.41 Å². The number of carbonyl (C=O) groups excluding carboxylic acids is 1. The van der Waals surface area contributed by atoms with E-state index in [1.807, 2.05) is 18.2 Å². The number of nitrogens with zero attached hydrogens (tertiary/aromatic N) is 2. The lowest BCUT2D eigenvalue weighted by Crippen LogP contribution is -2.28. The third-order valence-corrected chi connectivity index (χ3v) is 2.20. The summed E-state index contributed by atoms with van der Waals surface area (Å²) in [6.45, 7) is 3.52. The van der Waals surface area contributed by atoms with E-state index in [-0.39, 0.29) is 0 Å². The van der Waals surface area contributed by atoms with E-state index in [9.17, 15) is 4.79 Å². The van der Waals surface area contributed by atoms with Crippen molar-refractivity contribution in [1.29, 1.82) is 0 Å². The molecule has 90 valence electrons. The molecular formula is C12H21N3O. The average molecular weight is 223 g/mol. The quantitative estimate of drug-likeness (QED) is 0.761. The van der Waals surface area contributed by atoms with E-state index in [2.05, 4.69) is 11.9 Å². The fourth-order valence-electron chi connectivity index (χ4n) is 1.13. The molecule has 0 saturated heterocycles. The maximum Gasteiger partial charge on any atom is 0.209 e. The summed E-state index contributed by atoms with van der Waals surface area (Å²) in [5.41, 5.74) is 5.44. The average Bonchev–Trinajstić information content (AvgIpc) is 2.38. The summed E-state index contributed by atoms with van der Waals surface area (Å²) in [6.07, 6.45) is 5.37. The Balaban J connectivity index is 0.000000315. The molecule has 0 radical (unpaired) electrons. The van der Waals surface area contributed by atoms with E-state index in [4.69, 9.17) is 5.73 Å². The highest BCUT2D eigenvalue weighted by Gasteiger charge is 2.04. The van der Waals surface area contributed by atoms with E-state index in [0.29, 0.717) is 12.5 Å². The molecule has 1 rings (SSSR count). The topological polar surface area (TPSA) is 59.2 Å². The standard InChI is InChI=1S/C7H16N2O.C5H5N/c1-3-7(4-8)5-9(2)6-10;1-2-4-6-5-3-1/h6-7H,3-5,8H2,1-2H3;1-5H. The Morgan fingerprint density at radius 3 is 2.25 bits per heavy atom. The van der Waals surface area contributed by atoms with E-state index < -0.39 is 0 Å². The van der Waals surface area contributed by atoms with Crippen molar-refractivity contribution in [3.05, 3.63) is 30.6 Å². The molecule has 1 amide bonds. The van der Waals surface area contributed by atoms with Gasteiger partial charge in [0.05, 0.1) is 0 Å². The van der Waals surface area contributed by atoms with Crippen molar-refractivity contribution in [2.24, 2.45) is 11.7 Å². The lowest BCUT2D eigenvalue weighted by atomic mass is 10.1. The molecule has 0 aliphatic rings. The van der Waals surface area contributed by atoms with Gasteiger partial charge in [0.1, 0.15) is 0 Å². The number of rotatable bonds is 5. The molecule has 0 aliphatic heterocycles. The summed E-state index contributed by atoms with van der Waals surface area (Å²) in [5, 5.41) is 0. The Hall–Kier alpha value is -1.42. The normalized spacial score (nSPS) is 10.9. The molecule has 1 unspecified atom stereocenters. The molecule has 1 aromatic heterocycles. The van der Waals surface area contributed by atoms with Gasteiger partial charge >= 0.3 is 0 Å². The predicted molar refractivity (Wildman–Crippen MR) is 65.8 cm³/mol. The van der Waals surface area contributed by atoms with Crippen LogP contribution < -0.4 is 5.73 Å². The van der Waals surface area contributed by atoms with Crippen LogP contribution in [0, 0.1) is 5.92 Å². The van der Waals surface area contributed by atoms with Crippen molar-refractivity contribution < 1.29 is 4.79 Å². The zero-order valence-electron chi connectivity index (χ0n) is 10.0.